The SMILES string of the molecule is CC1(C)CCCN(S(=O)(=O)c2cc(N)c(F)cc2F)CC1. The van der Waals surface area contributed by atoms with Gasteiger partial charge in [-0.3, -0.25) is 0 Å². The number of rotatable bonds is 2. The van der Waals surface area contributed by atoms with Crippen molar-refractivity contribution in [3.63, 3.8) is 0 Å². The van der Waals surface area contributed by atoms with E-state index in [-0.39, 0.29) is 11.1 Å². The molecule has 0 aromatic heterocycles. The molecule has 1 aliphatic heterocycles. The van der Waals surface area contributed by atoms with Gasteiger partial charge in [0.1, 0.15) is 16.5 Å². The number of sulfonamides is 1. The minimum Gasteiger partial charge on any atom is -0.396 e. The van der Waals surface area contributed by atoms with Gasteiger partial charge >= 0.3 is 0 Å². The Hall–Kier alpha value is -1.21. The maximum Gasteiger partial charge on any atom is 0.246 e. The van der Waals surface area contributed by atoms with Gasteiger partial charge in [0.15, 0.2) is 0 Å². The van der Waals surface area contributed by atoms with Crippen molar-refractivity contribution in [1.82, 2.24) is 4.31 Å². The molecule has 0 bridgehead atoms. The summed E-state index contributed by atoms with van der Waals surface area (Å²) in [5.41, 5.74) is 5.05. The second kappa shape index (κ2) is 5.53. The van der Waals surface area contributed by atoms with Crippen LogP contribution < -0.4 is 5.73 Å². The van der Waals surface area contributed by atoms with Gasteiger partial charge in [-0.1, -0.05) is 13.8 Å². The number of nitrogens with two attached hydrogens (primary N) is 1. The summed E-state index contributed by atoms with van der Waals surface area (Å²) in [6.07, 6.45) is 2.32. The number of hydrogen-bond acceptors (Lipinski definition) is 3. The normalized spacial score (nSPS) is 20.2. The predicted molar refractivity (Wildman–Crippen MR) is 77.2 cm³/mol. The zero-order chi connectivity index (χ0) is 15.8. The van der Waals surface area contributed by atoms with E-state index in [0.29, 0.717) is 32.0 Å². The highest BCUT2D eigenvalue weighted by atomic mass is 32.2. The van der Waals surface area contributed by atoms with Gasteiger partial charge in [0.2, 0.25) is 10.0 Å². The lowest BCUT2D eigenvalue weighted by molar-refractivity contribution is 0.314. The molecule has 1 aromatic rings. The average Bonchev–Trinajstić information content (AvgIpc) is 2.55. The van der Waals surface area contributed by atoms with Crippen molar-refractivity contribution in [2.45, 2.75) is 38.0 Å². The summed E-state index contributed by atoms with van der Waals surface area (Å²) in [6, 6.07) is 1.38. The first-order valence-corrected chi connectivity index (χ1v) is 8.32. The third-order valence-corrected chi connectivity index (χ3v) is 5.88. The van der Waals surface area contributed by atoms with Crippen LogP contribution in [-0.4, -0.2) is 25.8 Å². The second-order valence-corrected chi connectivity index (χ2v) is 8.13. The Morgan fingerprint density at radius 3 is 2.48 bits per heavy atom. The van der Waals surface area contributed by atoms with Gasteiger partial charge in [0.25, 0.3) is 0 Å². The van der Waals surface area contributed by atoms with Gasteiger partial charge < -0.3 is 5.73 Å². The largest absolute Gasteiger partial charge is 0.396 e. The molecule has 0 radical (unpaired) electrons. The predicted octanol–water partition coefficient (Wildman–Crippen LogP) is 2.75. The minimum absolute atomic E-state index is 0.0602. The second-order valence-electron chi connectivity index (χ2n) is 6.23. The van der Waals surface area contributed by atoms with Crippen molar-refractivity contribution >= 4 is 15.7 Å². The third kappa shape index (κ3) is 3.35. The molecule has 7 heteroatoms. The van der Waals surface area contributed by atoms with E-state index >= 15 is 0 Å². The van der Waals surface area contributed by atoms with Gasteiger partial charge in [-0.2, -0.15) is 4.31 Å². The fraction of sp³-hybridized carbons (Fsp3) is 0.571. The molecule has 2 rings (SSSR count). The van der Waals surface area contributed by atoms with Crippen molar-refractivity contribution in [3.8, 4) is 0 Å². The van der Waals surface area contributed by atoms with Crippen LogP contribution in [-0.2, 0) is 10.0 Å². The molecule has 0 amide bonds. The molecular weight excluding hydrogens is 298 g/mol. The van der Waals surface area contributed by atoms with E-state index in [1.165, 1.54) is 4.31 Å². The summed E-state index contributed by atoms with van der Waals surface area (Å²) in [6.45, 7) is 4.83. The van der Waals surface area contributed by atoms with E-state index in [1.807, 2.05) is 0 Å². The fourth-order valence-electron chi connectivity index (χ4n) is 2.52. The van der Waals surface area contributed by atoms with Crippen molar-refractivity contribution in [2.24, 2.45) is 5.41 Å². The first-order chi connectivity index (χ1) is 9.63. The van der Waals surface area contributed by atoms with Crippen molar-refractivity contribution in [3.05, 3.63) is 23.8 Å². The van der Waals surface area contributed by atoms with Crippen LogP contribution in [0.2, 0.25) is 0 Å². The van der Waals surface area contributed by atoms with Gasteiger partial charge in [-0.05, 0) is 30.7 Å². The Kier molecular flexibility index (Phi) is 4.26. The molecule has 1 saturated heterocycles. The molecule has 1 heterocycles. The Morgan fingerprint density at radius 1 is 1.14 bits per heavy atom. The lowest BCUT2D eigenvalue weighted by atomic mass is 9.85. The number of benzene rings is 1. The molecule has 118 valence electrons. The van der Waals surface area contributed by atoms with Crippen LogP contribution in [0.3, 0.4) is 0 Å². The molecule has 1 aliphatic rings. The standard InChI is InChI=1S/C14H20F2N2O2S/c1-14(2)4-3-6-18(7-5-14)21(19,20)13-9-12(17)10(15)8-11(13)16/h8-9H,3-7,17H2,1-2H3. The number of hydrogen-bond donors (Lipinski definition) is 1. The first-order valence-electron chi connectivity index (χ1n) is 6.88. The highest BCUT2D eigenvalue weighted by Crippen LogP contribution is 2.32. The van der Waals surface area contributed by atoms with Crippen LogP contribution in [0.4, 0.5) is 14.5 Å². The summed E-state index contributed by atoms with van der Waals surface area (Å²) in [5, 5.41) is 0. The minimum atomic E-state index is -3.99. The summed E-state index contributed by atoms with van der Waals surface area (Å²) in [7, 11) is -3.99. The topological polar surface area (TPSA) is 63.4 Å². The van der Waals surface area contributed by atoms with E-state index < -0.39 is 26.6 Å². The molecular formula is C14H20F2N2O2S. The average molecular weight is 318 g/mol. The van der Waals surface area contributed by atoms with E-state index in [9.17, 15) is 17.2 Å². The van der Waals surface area contributed by atoms with Gasteiger partial charge in [0, 0.05) is 19.2 Å². The fourth-order valence-corrected chi connectivity index (χ4v) is 4.08. The van der Waals surface area contributed by atoms with Gasteiger partial charge in [0.05, 0.1) is 5.69 Å². The summed E-state index contributed by atoms with van der Waals surface area (Å²) >= 11 is 0. The Balaban J connectivity index is 2.36. The van der Waals surface area contributed by atoms with Crippen molar-refractivity contribution in [2.75, 3.05) is 18.8 Å². The zero-order valence-electron chi connectivity index (χ0n) is 12.2. The van der Waals surface area contributed by atoms with Crippen LogP contribution in [0.25, 0.3) is 0 Å². The smallest absolute Gasteiger partial charge is 0.246 e. The molecule has 0 saturated carbocycles. The van der Waals surface area contributed by atoms with E-state index in [0.717, 1.165) is 12.5 Å². The Labute approximate surface area is 124 Å². The lowest BCUT2D eigenvalue weighted by Crippen LogP contribution is -2.33. The first kappa shape index (κ1) is 16.2. The molecule has 1 fully saturated rings. The van der Waals surface area contributed by atoms with Crippen LogP contribution in [0.15, 0.2) is 17.0 Å². The molecule has 0 spiro atoms. The summed E-state index contributed by atoms with van der Waals surface area (Å²) in [5.74, 6) is -2.06. The molecule has 2 N–H and O–H groups in total. The van der Waals surface area contributed by atoms with Crippen LogP contribution in [0.5, 0.6) is 0 Å². The lowest BCUT2D eigenvalue weighted by Gasteiger charge is -2.23. The Bertz CT molecular complexity index is 645. The maximum absolute atomic E-state index is 13.8. The number of anilines is 1. The molecule has 0 aliphatic carbocycles. The van der Waals surface area contributed by atoms with Crippen molar-refractivity contribution < 1.29 is 17.2 Å². The molecule has 21 heavy (non-hydrogen) atoms. The van der Waals surface area contributed by atoms with E-state index in [2.05, 4.69) is 13.8 Å². The van der Waals surface area contributed by atoms with E-state index in [4.69, 9.17) is 5.73 Å². The monoisotopic (exact) mass is 318 g/mol. The number of nitrogen functional groups attached to an aromatic ring is 1. The quantitative estimate of drug-likeness (QED) is 0.853. The number of halogens is 2. The van der Waals surface area contributed by atoms with Crippen molar-refractivity contribution in [1.29, 1.82) is 0 Å². The molecule has 0 unspecified atom stereocenters. The molecule has 4 nitrogen and oxygen atoms in total. The third-order valence-electron chi connectivity index (χ3n) is 3.97. The van der Waals surface area contributed by atoms with Crippen LogP contribution >= 0.6 is 0 Å². The van der Waals surface area contributed by atoms with Gasteiger partial charge in [-0.25, -0.2) is 17.2 Å². The molecule has 1 aromatic carbocycles. The van der Waals surface area contributed by atoms with Crippen LogP contribution in [0.1, 0.15) is 33.1 Å². The highest BCUT2D eigenvalue weighted by Gasteiger charge is 2.32. The highest BCUT2D eigenvalue weighted by molar-refractivity contribution is 7.89. The molecule has 0 atom stereocenters. The summed E-state index contributed by atoms with van der Waals surface area (Å²) < 4.78 is 53.4. The summed E-state index contributed by atoms with van der Waals surface area (Å²) in [4.78, 5) is -0.555. The van der Waals surface area contributed by atoms with Crippen LogP contribution in [0, 0.1) is 17.0 Å². The van der Waals surface area contributed by atoms with E-state index in [1.54, 1.807) is 0 Å². The Morgan fingerprint density at radius 2 is 1.81 bits per heavy atom. The van der Waals surface area contributed by atoms with Gasteiger partial charge in [-0.15, -0.1) is 0 Å². The number of nitrogens with zero attached hydrogens (tertiary/aromatic N) is 1. The zero-order valence-corrected chi connectivity index (χ0v) is 13.0. The maximum atomic E-state index is 13.8.